The van der Waals surface area contributed by atoms with Gasteiger partial charge in [-0.05, 0) is 42.9 Å². The van der Waals surface area contributed by atoms with E-state index in [2.05, 4.69) is 19.9 Å². The molecule has 0 aliphatic carbocycles. The molecular formula is C16H24O2. The molecule has 1 rings (SSSR count). The Kier molecular flexibility index (Phi) is 5.90. The lowest BCUT2D eigenvalue weighted by atomic mass is 9.92. The van der Waals surface area contributed by atoms with Crippen molar-refractivity contribution in [1.82, 2.24) is 0 Å². The number of hydrogen-bond acceptors (Lipinski definition) is 2. The fourth-order valence-corrected chi connectivity index (χ4v) is 2.32. The Labute approximate surface area is 110 Å². The van der Waals surface area contributed by atoms with E-state index in [0.717, 1.165) is 18.6 Å². The second kappa shape index (κ2) is 7.20. The van der Waals surface area contributed by atoms with Gasteiger partial charge in [0.2, 0.25) is 0 Å². The van der Waals surface area contributed by atoms with Crippen molar-refractivity contribution in [3.05, 3.63) is 29.3 Å². The Morgan fingerprint density at radius 3 is 2.72 bits per heavy atom. The van der Waals surface area contributed by atoms with E-state index in [4.69, 9.17) is 4.74 Å². The Morgan fingerprint density at radius 2 is 2.11 bits per heavy atom. The summed E-state index contributed by atoms with van der Waals surface area (Å²) < 4.78 is 5.39. The number of rotatable bonds is 7. The molecule has 0 amide bonds. The van der Waals surface area contributed by atoms with E-state index in [9.17, 15) is 4.79 Å². The van der Waals surface area contributed by atoms with Crippen LogP contribution in [0.5, 0.6) is 5.75 Å². The van der Waals surface area contributed by atoms with Crippen molar-refractivity contribution in [1.29, 1.82) is 0 Å². The largest absolute Gasteiger partial charge is 0.496 e. The summed E-state index contributed by atoms with van der Waals surface area (Å²) in [5.41, 5.74) is 2.47. The van der Waals surface area contributed by atoms with Gasteiger partial charge in [-0.15, -0.1) is 0 Å². The number of Topliss-reactive ketones (excluding diaryl/α,β-unsaturated/α-hetero) is 1. The number of benzene rings is 1. The van der Waals surface area contributed by atoms with Crippen LogP contribution in [-0.4, -0.2) is 12.9 Å². The van der Waals surface area contributed by atoms with Crippen LogP contribution in [0.3, 0.4) is 0 Å². The molecule has 0 radical (unpaired) electrons. The molecule has 2 heteroatoms. The molecule has 2 nitrogen and oxygen atoms in total. The van der Waals surface area contributed by atoms with E-state index in [1.165, 1.54) is 11.1 Å². The quantitative estimate of drug-likeness (QED) is 0.730. The molecule has 0 heterocycles. The van der Waals surface area contributed by atoms with Gasteiger partial charge in [0, 0.05) is 12.8 Å². The standard InChI is InChI=1S/C16H24O2/c1-5-7-14(17)10-12(2)11-15-13(3)8-6-9-16(15)18-4/h6,8-9,12H,5,7,10-11H2,1-4H3. The Balaban J connectivity index is 2.69. The summed E-state index contributed by atoms with van der Waals surface area (Å²) >= 11 is 0. The van der Waals surface area contributed by atoms with Crippen molar-refractivity contribution in [2.45, 2.75) is 46.5 Å². The molecule has 0 bridgehead atoms. The molecule has 0 saturated carbocycles. The molecule has 0 N–H and O–H groups in total. The minimum Gasteiger partial charge on any atom is -0.496 e. The predicted molar refractivity (Wildman–Crippen MR) is 75.1 cm³/mol. The molecule has 0 aromatic heterocycles. The average Bonchev–Trinajstić information content (AvgIpc) is 2.31. The van der Waals surface area contributed by atoms with Crippen LogP contribution in [0.4, 0.5) is 0 Å². The van der Waals surface area contributed by atoms with Crippen molar-refractivity contribution in [2.24, 2.45) is 5.92 Å². The topological polar surface area (TPSA) is 26.3 Å². The first-order chi connectivity index (χ1) is 8.58. The molecule has 1 unspecified atom stereocenters. The van der Waals surface area contributed by atoms with E-state index in [0.29, 0.717) is 24.5 Å². The zero-order valence-electron chi connectivity index (χ0n) is 12.0. The van der Waals surface area contributed by atoms with Crippen LogP contribution in [0, 0.1) is 12.8 Å². The molecule has 1 aromatic rings. The normalized spacial score (nSPS) is 12.2. The Morgan fingerprint density at radius 1 is 1.39 bits per heavy atom. The van der Waals surface area contributed by atoms with Crippen LogP contribution in [-0.2, 0) is 11.2 Å². The van der Waals surface area contributed by atoms with Crippen LogP contribution in [0.15, 0.2) is 18.2 Å². The summed E-state index contributed by atoms with van der Waals surface area (Å²) in [7, 11) is 1.70. The van der Waals surface area contributed by atoms with E-state index in [-0.39, 0.29) is 0 Å². The highest BCUT2D eigenvalue weighted by molar-refractivity contribution is 5.78. The van der Waals surface area contributed by atoms with Crippen molar-refractivity contribution in [3.63, 3.8) is 0 Å². The number of methoxy groups -OCH3 is 1. The third kappa shape index (κ3) is 4.17. The number of ketones is 1. The van der Waals surface area contributed by atoms with Gasteiger partial charge in [-0.2, -0.15) is 0 Å². The summed E-state index contributed by atoms with van der Waals surface area (Å²) in [6.45, 7) is 6.28. The molecular weight excluding hydrogens is 224 g/mol. The summed E-state index contributed by atoms with van der Waals surface area (Å²) in [5, 5.41) is 0. The van der Waals surface area contributed by atoms with Crippen LogP contribution in [0.2, 0.25) is 0 Å². The fourth-order valence-electron chi connectivity index (χ4n) is 2.32. The van der Waals surface area contributed by atoms with Crippen LogP contribution < -0.4 is 4.74 Å². The number of carbonyl (C=O) groups excluding carboxylic acids is 1. The lowest BCUT2D eigenvalue weighted by Crippen LogP contribution is -2.09. The van der Waals surface area contributed by atoms with Gasteiger partial charge in [-0.1, -0.05) is 26.0 Å². The lowest BCUT2D eigenvalue weighted by molar-refractivity contribution is -0.119. The minimum absolute atomic E-state index is 0.373. The fraction of sp³-hybridized carbons (Fsp3) is 0.562. The highest BCUT2D eigenvalue weighted by atomic mass is 16.5. The van der Waals surface area contributed by atoms with Crippen LogP contribution >= 0.6 is 0 Å². The first-order valence-corrected chi connectivity index (χ1v) is 6.72. The van der Waals surface area contributed by atoms with Gasteiger partial charge in [0.25, 0.3) is 0 Å². The zero-order chi connectivity index (χ0) is 13.5. The number of hydrogen-bond donors (Lipinski definition) is 0. The predicted octanol–water partition coefficient (Wildman–Crippen LogP) is 3.94. The van der Waals surface area contributed by atoms with Gasteiger partial charge in [0.15, 0.2) is 0 Å². The maximum atomic E-state index is 11.7. The summed E-state index contributed by atoms with van der Waals surface area (Å²) in [6.07, 6.45) is 3.23. The van der Waals surface area contributed by atoms with Crippen molar-refractivity contribution in [2.75, 3.05) is 7.11 Å². The van der Waals surface area contributed by atoms with Crippen molar-refractivity contribution < 1.29 is 9.53 Å². The van der Waals surface area contributed by atoms with Gasteiger partial charge in [-0.25, -0.2) is 0 Å². The average molecular weight is 248 g/mol. The van der Waals surface area contributed by atoms with Crippen molar-refractivity contribution in [3.8, 4) is 5.75 Å². The highest BCUT2D eigenvalue weighted by Crippen LogP contribution is 2.26. The SMILES string of the molecule is CCCC(=O)CC(C)Cc1c(C)cccc1OC. The van der Waals surface area contributed by atoms with Gasteiger partial charge < -0.3 is 4.74 Å². The summed E-state index contributed by atoms with van der Waals surface area (Å²) in [6, 6.07) is 6.09. The van der Waals surface area contributed by atoms with Gasteiger partial charge >= 0.3 is 0 Å². The van der Waals surface area contributed by atoms with Gasteiger partial charge in [-0.3, -0.25) is 4.79 Å². The maximum absolute atomic E-state index is 11.7. The number of ether oxygens (including phenoxy) is 1. The lowest BCUT2D eigenvalue weighted by Gasteiger charge is -2.15. The molecule has 100 valence electrons. The minimum atomic E-state index is 0.373. The van der Waals surface area contributed by atoms with E-state index in [1.807, 2.05) is 19.1 Å². The Hall–Kier alpha value is -1.31. The molecule has 0 fully saturated rings. The molecule has 1 atom stereocenters. The first kappa shape index (κ1) is 14.7. The first-order valence-electron chi connectivity index (χ1n) is 6.72. The van der Waals surface area contributed by atoms with Crippen molar-refractivity contribution >= 4 is 5.78 Å². The second-order valence-corrected chi connectivity index (χ2v) is 5.06. The molecule has 1 aromatic carbocycles. The van der Waals surface area contributed by atoms with Gasteiger partial charge in [0.05, 0.1) is 7.11 Å². The summed E-state index contributed by atoms with van der Waals surface area (Å²) in [5.74, 6) is 1.68. The smallest absolute Gasteiger partial charge is 0.133 e. The monoisotopic (exact) mass is 248 g/mol. The van der Waals surface area contributed by atoms with Crippen LogP contribution in [0.25, 0.3) is 0 Å². The third-order valence-corrected chi connectivity index (χ3v) is 3.24. The molecule has 0 aliphatic heterocycles. The summed E-state index contributed by atoms with van der Waals surface area (Å²) in [4.78, 5) is 11.7. The zero-order valence-corrected chi connectivity index (χ0v) is 12.0. The molecule has 18 heavy (non-hydrogen) atoms. The van der Waals surface area contributed by atoms with Crippen LogP contribution in [0.1, 0.15) is 44.2 Å². The van der Waals surface area contributed by atoms with E-state index in [1.54, 1.807) is 7.11 Å². The Bertz CT molecular complexity index is 396. The second-order valence-electron chi connectivity index (χ2n) is 5.06. The molecule has 0 aliphatic rings. The highest BCUT2D eigenvalue weighted by Gasteiger charge is 2.13. The maximum Gasteiger partial charge on any atom is 0.133 e. The third-order valence-electron chi connectivity index (χ3n) is 3.24. The van der Waals surface area contributed by atoms with Gasteiger partial charge in [0.1, 0.15) is 11.5 Å². The number of carbonyl (C=O) groups is 1. The van der Waals surface area contributed by atoms with E-state index < -0.39 is 0 Å². The number of aryl methyl sites for hydroxylation is 1. The van der Waals surface area contributed by atoms with E-state index >= 15 is 0 Å². The molecule has 0 spiro atoms. The molecule has 0 saturated heterocycles.